The number of anilines is 2. The van der Waals surface area contributed by atoms with Crippen LogP contribution in [-0.2, 0) is 29.6 Å². The molecule has 0 atom stereocenters. The normalized spacial score (nSPS) is 16.9. The van der Waals surface area contributed by atoms with Crippen LogP contribution in [0.5, 0.6) is 0 Å². The lowest BCUT2D eigenvalue weighted by molar-refractivity contribution is -0.117. The predicted molar refractivity (Wildman–Crippen MR) is 168 cm³/mol. The molecule has 10 nitrogen and oxygen atoms in total. The maximum Gasteiger partial charge on any atom is 0.243 e. The van der Waals surface area contributed by atoms with Gasteiger partial charge in [-0.25, -0.2) is 16.8 Å². The van der Waals surface area contributed by atoms with Gasteiger partial charge in [0.25, 0.3) is 0 Å². The molecule has 12 heteroatoms. The Bertz CT molecular complexity index is 1310. The first-order valence-corrected chi connectivity index (χ1v) is 18.3. The summed E-state index contributed by atoms with van der Waals surface area (Å²) in [5, 5.41) is 5.66. The van der Waals surface area contributed by atoms with Crippen molar-refractivity contribution in [3.05, 3.63) is 48.5 Å². The van der Waals surface area contributed by atoms with Crippen molar-refractivity contribution < 1.29 is 26.4 Å². The van der Waals surface area contributed by atoms with Crippen molar-refractivity contribution in [2.75, 3.05) is 36.8 Å². The molecule has 236 valence electrons. The lowest BCUT2D eigenvalue weighted by Gasteiger charge is -2.25. The van der Waals surface area contributed by atoms with Gasteiger partial charge in [0, 0.05) is 50.4 Å². The van der Waals surface area contributed by atoms with E-state index in [1.807, 2.05) is 0 Å². The maximum absolute atomic E-state index is 12.8. The van der Waals surface area contributed by atoms with E-state index in [0.717, 1.165) is 70.6 Å². The lowest BCUT2D eigenvalue weighted by atomic mass is 10.1. The molecular formula is C31H44N4O6S2. The Morgan fingerprint density at radius 1 is 0.512 bits per heavy atom. The first kappa shape index (κ1) is 33.1. The molecule has 0 radical (unpaired) electrons. The number of nitrogens with one attached hydrogen (secondary N) is 2. The lowest BCUT2D eigenvalue weighted by Crippen LogP contribution is -2.35. The molecule has 2 aromatic carbocycles. The van der Waals surface area contributed by atoms with Gasteiger partial charge in [0.2, 0.25) is 31.9 Å². The zero-order valence-corrected chi connectivity index (χ0v) is 26.4. The molecule has 4 rings (SSSR count). The van der Waals surface area contributed by atoms with E-state index >= 15 is 0 Å². The van der Waals surface area contributed by atoms with Crippen LogP contribution >= 0.6 is 0 Å². The zero-order valence-electron chi connectivity index (χ0n) is 24.8. The molecule has 0 aromatic heterocycles. The number of carbonyl (C=O) groups excluding carboxylic acids is 2. The minimum atomic E-state index is -3.49. The first-order chi connectivity index (χ1) is 20.7. The quantitative estimate of drug-likeness (QED) is 0.270. The number of carbonyl (C=O) groups is 2. The van der Waals surface area contributed by atoms with Crippen molar-refractivity contribution in [2.24, 2.45) is 0 Å². The summed E-state index contributed by atoms with van der Waals surface area (Å²) in [4.78, 5) is 25.1. The summed E-state index contributed by atoms with van der Waals surface area (Å²) in [6, 6.07) is 12.7. The number of rotatable bonds is 14. The van der Waals surface area contributed by atoms with Gasteiger partial charge in [-0.05, 0) is 87.1 Å². The third kappa shape index (κ3) is 9.59. The third-order valence-electron chi connectivity index (χ3n) is 7.99. The van der Waals surface area contributed by atoms with Crippen molar-refractivity contribution in [2.45, 2.75) is 93.3 Å². The molecule has 0 aliphatic carbocycles. The van der Waals surface area contributed by atoms with E-state index in [2.05, 4.69) is 10.6 Å². The second kappa shape index (κ2) is 15.8. The molecule has 43 heavy (non-hydrogen) atoms. The van der Waals surface area contributed by atoms with Gasteiger partial charge < -0.3 is 10.6 Å². The number of unbranched alkanes of at least 4 members (excludes halogenated alkanes) is 4. The first-order valence-electron chi connectivity index (χ1n) is 15.5. The van der Waals surface area contributed by atoms with Crippen LogP contribution in [0.1, 0.15) is 83.5 Å². The highest BCUT2D eigenvalue weighted by Gasteiger charge is 2.27. The van der Waals surface area contributed by atoms with Gasteiger partial charge in [0.15, 0.2) is 0 Å². The van der Waals surface area contributed by atoms with Gasteiger partial charge in [-0.15, -0.1) is 0 Å². The van der Waals surface area contributed by atoms with Crippen LogP contribution in [0, 0.1) is 0 Å². The van der Waals surface area contributed by atoms with E-state index in [1.165, 1.54) is 8.61 Å². The number of sulfonamides is 2. The van der Waals surface area contributed by atoms with Crippen LogP contribution in [-0.4, -0.2) is 63.4 Å². The average Bonchev–Trinajstić information content (AvgIpc) is 3.02. The monoisotopic (exact) mass is 632 g/mol. The smallest absolute Gasteiger partial charge is 0.243 e. The number of benzene rings is 2. The Balaban J connectivity index is 1.07. The summed E-state index contributed by atoms with van der Waals surface area (Å²) < 4.78 is 54.2. The molecule has 2 N–H and O–H groups in total. The van der Waals surface area contributed by atoms with Gasteiger partial charge in [-0.3, -0.25) is 9.59 Å². The Labute approximate surface area is 256 Å². The van der Waals surface area contributed by atoms with Gasteiger partial charge in [-0.1, -0.05) is 32.1 Å². The number of nitrogens with zero attached hydrogens (tertiary/aromatic N) is 2. The Hall–Kier alpha value is -2.80. The summed E-state index contributed by atoms with van der Waals surface area (Å²) in [5.41, 5.74) is 1.15. The minimum absolute atomic E-state index is 0.110. The Kier molecular flexibility index (Phi) is 12.2. The van der Waals surface area contributed by atoms with Crippen LogP contribution in [0.25, 0.3) is 0 Å². The predicted octanol–water partition coefficient (Wildman–Crippen LogP) is 5.34. The second-order valence-corrected chi connectivity index (χ2v) is 15.2. The highest BCUT2D eigenvalue weighted by molar-refractivity contribution is 7.89. The van der Waals surface area contributed by atoms with Crippen LogP contribution in [0.4, 0.5) is 11.4 Å². The van der Waals surface area contributed by atoms with Gasteiger partial charge >= 0.3 is 0 Å². The molecule has 2 aliphatic rings. The van der Waals surface area contributed by atoms with Crippen molar-refractivity contribution in [3.8, 4) is 0 Å². The summed E-state index contributed by atoms with van der Waals surface area (Å²) >= 11 is 0. The number of piperidine rings is 2. The van der Waals surface area contributed by atoms with Crippen molar-refractivity contribution in [1.82, 2.24) is 8.61 Å². The minimum Gasteiger partial charge on any atom is -0.326 e. The molecule has 0 saturated carbocycles. The van der Waals surface area contributed by atoms with Crippen LogP contribution in [0.3, 0.4) is 0 Å². The highest BCUT2D eigenvalue weighted by atomic mass is 32.2. The molecule has 2 fully saturated rings. The molecule has 0 unspecified atom stereocenters. The fraction of sp³-hybridized carbons (Fsp3) is 0.548. The summed E-state index contributed by atoms with van der Waals surface area (Å²) in [6.45, 7) is 2.21. The number of hydrogen-bond donors (Lipinski definition) is 2. The van der Waals surface area contributed by atoms with Gasteiger partial charge in [-0.2, -0.15) is 8.61 Å². The highest BCUT2D eigenvalue weighted by Crippen LogP contribution is 2.23. The zero-order chi connectivity index (χ0) is 30.7. The molecule has 0 bridgehead atoms. The van der Waals surface area contributed by atoms with E-state index in [0.29, 0.717) is 50.4 Å². The number of hydrogen-bond acceptors (Lipinski definition) is 6. The fourth-order valence-corrected chi connectivity index (χ4v) is 8.51. The molecule has 0 spiro atoms. The fourth-order valence-electron chi connectivity index (χ4n) is 5.48. The van der Waals surface area contributed by atoms with Crippen LogP contribution in [0.15, 0.2) is 58.3 Å². The van der Waals surface area contributed by atoms with E-state index < -0.39 is 20.0 Å². The third-order valence-corrected chi connectivity index (χ3v) is 11.8. The Morgan fingerprint density at radius 2 is 0.837 bits per heavy atom. The standard InChI is InChI=1S/C31H44N4O6S2/c36-30(32-26-14-18-28(19-15-26)42(38,39)34-22-8-4-9-23-34)12-6-2-1-3-7-13-31(37)33-27-16-20-29(21-17-27)43(40,41)35-24-10-5-11-25-35/h14-21H,1-13,22-25H2,(H,32,36)(H,33,37). The molecule has 2 saturated heterocycles. The van der Waals surface area contributed by atoms with Crippen LogP contribution in [0.2, 0.25) is 0 Å². The van der Waals surface area contributed by atoms with Crippen molar-refractivity contribution >= 4 is 43.2 Å². The van der Waals surface area contributed by atoms with Crippen molar-refractivity contribution in [3.63, 3.8) is 0 Å². The van der Waals surface area contributed by atoms with E-state index in [4.69, 9.17) is 0 Å². The van der Waals surface area contributed by atoms with E-state index in [-0.39, 0.29) is 21.6 Å². The largest absolute Gasteiger partial charge is 0.326 e. The molecular weight excluding hydrogens is 588 g/mol. The van der Waals surface area contributed by atoms with E-state index in [9.17, 15) is 26.4 Å². The SMILES string of the molecule is O=C(CCCCCCCC(=O)Nc1ccc(S(=O)(=O)N2CCCCC2)cc1)Nc1ccc(S(=O)(=O)N2CCCCC2)cc1. The van der Waals surface area contributed by atoms with Gasteiger partial charge in [0.05, 0.1) is 9.79 Å². The topological polar surface area (TPSA) is 133 Å². The molecule has 2 aliphatic heterocycles. The van der Waals surface area contributed by atoms with Gasteiger partial charge in [0.1, 0.15) is 0 Å². The Morgan fingerprint density at radius 3 is 1.19 bits per heavy atom. The number of amides is 2. The second-order valence-electron chi connectivity index (χ2n) is 11.3. The molecule has 2 heterocycles. The summed E-state index contributed by atoms with van der Waals surface area (Å²) in [7, 11) is -6.98. The molecule has 2 aromatic rings. The van der Waals surface area contributed by atoms with E-state index in [1.54, 1.807) is 48.5 Å². The molecule has 2 amide bonds. The van der Waals surface area contributed by atoms with Crippen LogP contribution < -0.4 is 10.6 Å². The summed E-state index contributed by atoms with van der Waals surface area (Å²) in [5.74, 6) is -0.221. The van der Waals surface area contributed by atoms with Crippen molar-refractivity contribution in [1.29, 1.82) is 0 Å². The maximum atomic E-state index is 12.8. The average molecular weight is 633 g/mol. The summed E-state index contributed by atoms with van der Waals surface area (Å²) in [6.07, 6.45) is 10.5.